The number of hydrogen-bond acceptors (Lipinski definition) is 5. The van der Waals surface area contributed by atoms with E-state index >= 15 is 0 Å². The highest BCUT2D eigenvalue weighted by Crippen LogP contribution is 2.50. The number of anilines is 1. The van der Waals surface area contributed by atoms with Crippen molar-refractivity contribution in [2.24, 2.45) is 0 Å². The van der Waals surface area contributed by atoms with Gasteiger partial charge in [-0.1, -0.05) is 6.07 Å². The van der Waals surface area contributed by atoms with Crippen molar-refractivity contribution in [1.29, 1.82) is 0 Å². The Labute approximate surface area is 159 Å². The first-order valence-corrected chi connectivity index (χ1v) is 10.6. The molecule has 1 aliphatic carbocycles. The molecule has 0 bridgehead atoms. The highest BCUT2D eigenvalue weighted by Gasteiger charge is 2.47. The lowest BCUT2D eigenvalue weighted by Crippen LogP contribution is -2.48. The van der Waals surface area contributed by atoms with Crippen LogP contribution in [0.2, 0.25) is 0 Å². The number of hydrogen-bond donors (Lipinski definition) is 0. The SMILES string of the molecule is Cc1ncc(N(C2CCN(CC(F)(F)F)CC2)C2CC2c2cccs2)s1. The average Bonchev–Trinajstić information content (AvgIpc) is 2.96. The number of nitrogens with zero attached hydrogens (tertiary/aromatic N) is 3. The number of aromatic nitrogens is 1. The van der Waals surface area contributed by atoms with E-state index in [1.54, 1.807) is 22.7 Å². The molecular formula is C18H22F3N3S2. The third-order valence-corrected chi connectivity index (χ3v) is 7.17. The van der Waals surface area contributed by atoms with Crippen LogP contribution >= 0.6 is 22.7 Å². The first kappa shape index (κ1) is 18.3. The van der Waals surface area contributed by atoms with Crippen molar-refractivity contribution < 1.29 is 13.2 Å². The van der Waals surface area contributed by atoms with Gasteiger partial charge in [-0.05, 0) is 37.6 Å². The number of piperidine rings is 1. The zero-order valence-corrected chi connectivity index (χ0v) is 16.2. The Bertz CT molecular complexity index is 720. The molecule has 0 spiro atoms. The van der Waals surface area contributed by atoms with Gasteiger partial charge in [0.25, 0.3) is 0 Å². The molecule has 26 heavy (non-hydrogen) atoms. The molecule has 142 valence electrons. The largest absolute Gasteiger partial charge is 0.401 e. The van der Waals surface area contributed by atoms with E-state index in [1.165, 1.54) is 14.8 Å². The van der Waals surface area contributed by atoms with Gasteiger partial charge in [0.05, 0.1) is 17.7 Å². The minimum absolute atomic E-state index is 0.300. The lowest BCUT2D eigenvalue weighted by Gasteiger charge is -2.39. The maximum atomic E-state index is 12.7. The van der Waals surface area contributed by atoms with Crippen molar-refractivity contribution in [2.75, 3.05) is 24.5 Å². The van der Waals surface area contributed by atoms with Crippen molar-refractivity contribution in [3.63, 3.8) is 0 Å². The van der Waals surface area contributed by atoms with Crippen molar-refractivity contribution in [3.8, 4) is 0 Å². The third kappa shape index (κ3) is 4.07. The first-order chi connectivity index (χ1) is 12.4. The van der Waals surface area contributed by atoms with Crippen molar-refractivity contribution in [2.45, 2.75) is 50.4 Å². The summed E-state index contributed by atoms with van der Waals surface area (Å²) in [5.41, 5.74) is 0. The van der Waals surface area contributed by atoms with Crippen LogP contribution in [0.15, 0.2) is 23.7 Å². The van der Waals surface area contributed by atoms with E-state index in [-0.39, 0.29) is 0 Å². The fraction of sp³-hybridized carbons (Fsp3) is 0.611. The van der Waals surface area contributed by atoms with E-state index in [0.717, 1.165) is 24.3 Å². The van der Waals surface area contributed by atoms with Crippen molar-refractivity contribution in [1.82, 2.24) is 9.88 Å². The summed E-state index contributed by atoms with van der Waals surface area (Å²) in [5.74, 6) is 0.547. The van der Waals surface area contributed by atoms with Crippen LogP contribution in [0.5, 0.6) is 0 Å². The lowest BCUT2D eigenvalue weighted by molar-refractivity contribution is -0.147. The number of thiazole rings is 1. The van der Waals surface area contributed by atoms with Crippen LogP contribution in [-0.4, -0.2) is 47.8 Å². The summed E-state index contributed by atoms with van der Waals surface area (Å²) >= 11 is 3.49. The summed E-state index contributed by atoms with van der Waals surface area (Å²) in [5, 5.41) is 4.32. The molecule has 8 heteroatoms. The van der Waals surface area contributed by atoms with Gasteiger partial charge in [-0.15, -0.1) is 22.7 Å². The standard InChI is InChI=1S/C18H22F3N3S2/c1-12-22-10-17(26-12)24(15-9-14(15)16-3-2-8-25-16)13-4-6-23(7-5-13)11-18(19,20)21/h2-3,8,10,13-15H,4-7,9,11H2,1H3. The Morgan fingerprint density at radius 1 is 1.31 bits per heavy atom. The fourth-order valence-electron chi connectivity index (χ4n) is 3.99. The van der Waals surface area contributed by atoms with Crippen LogP contribution in [-0.2, 0) is 0 Å². The molecule has 0 aromatic carbocycles. The number of thiophene rings is 1. The van der Waals surface area contributed by atoms with E-state index in [1.807, 2.05) is 13.1 Å². The molecular weight excluding hydrogens is 379 g/mol. The van der Waals surface area contributed by atoms with Crippen LogP contribution in [0.3, 0.4) is 0 Å². The van der Waals surface area contributed by atoms with Crippen LogP contribution in [0.25, 0.3) is 0 Å². The third-order valence-electron chi connectivity index (χ3n) is 5.24. The summed E-state index contributed by atoms with van der Waals surface area (Å²) < 4.78 is 38.0. The fourth-order valence-corrected chi connectivity index (χ4v) is 5.79. The van der Waals surface area contributed by atoms with E-state index in [4.69, 9.17) is 0 Å². The molecule has 3 heterocycles. The molecule has 1 saturated carbocycles. The summed E-state index contributed by atoms with van der Waals surface area (Å²) in [7, 11) is 0. The number of halogens is 3. The predicted octanol–water partition coefficient (Wildman–Crippen LogP) is 4.90. The number of likely N-dealkylation sites (tertiary alicyclic amines) is 1. The Hall–Kier alpha value is -1.12. The van der Waals surface area contributed by atoms with Gasteiger partial charge < -0.3 is 4.90 Å². The van der Waals surface area contributed by atoms with E-state index < -0.39 is 12.7 Å². The van der Waals surface area contributed by atoms with Crippen LogP contribution in [0.1, 0.15) is 35.1 Å². The second-order valence-corrected chi connectivity index (χ2v) is 9.36. The number of rotatable bonds is 5. The maximum absolute atomic E-state index is 12.7. The molecule has 2 unspecified atom stereocenters. The van der Waals surface area contributed by atoms with Crippen LogP contribution < -0.4 is 4.90 Å². The van der Waals surface area contributed by atoms with Crippen molar-refractivity contribution >= 4 is 27.7 Å². The van der Waals surface area contributed by atoms with Gasteiger partial charge in [0.1, 0.15) is 5.00 Å². The summed E-state index contributed by atoms with van der Waals surface area (Å²) in [4.78, 5) is 9.84. The predicted molar refractivity (Wildman–Crippen MR) is 100 cm³/mol. The zero-order chi connectivity index (χ0) is 18.3. The molecule has 2 fully saturated rings. The second kappa shape index (κ2) is 7.13. The van der Waals surface area contributed by atoms with E-state index in [9.17, 15) is 13.2 Å². The van der Waals surface area contributed by atoms with Crippen LogP contribution in [0.4, 0.5) is 18.2 Å². The molecule has 4 rings (SSSR count). The first-order valence-electron chi connectivity index (χ1n) is 8.94. The maximum Gasteiger partial charge on any atom is 0.401 e. The molecule has 2 aromatic heterocycles. The Morgan fingerprint density at radius 3 is 2.65 bits per heavy atom. The van der Waals surface area contributed by atoms with Gasteiger partial charge in [-0.25, -0.2) is 4.98 Å². The average molecular weight is 402 g/mol. The molecule has 0 N–H and O–H groups in total. The van der Waals surface area contributed by atoms with Gasteiger partial charge in [0.15, 0.2) is 0 Å². The molecule has 3 nitrogen and oxygen atoms in total. The number of aryl methyl sites for hydroxylation is 1. The van der Waals surface area contributed by atoms with Gasteiger partial charge in [-0.3, -0.25) is 4.90 Å². The molecule has 2 aliphatic rings. The van der Waals surface area contributed by atoms with Gasteiger partial charge in [0, 0.05) is 36.0 Å². The van der Waals surface area contributed by atoms with Gasteiger partial charge in [-0.2, -0.15) is 13.2 Å². The monoisotopic (exact) mass is 401 g/mol. The Balaban J connectivity index is 1.47. The molecule has 0 radical (unpaired) electrons. The van der Waals surface area contributed by atoms with Gasteiger partial charge in [0.2, 0.25) is 0 Å². The Morgan fingerprint density at radius 2 is 2.08 bits per heavy atom. The highest BCUT2D eigenvalue weighted by atomic mass is 32.1. The molecule has 0 amide bonds. The van der Waals surface area contributed by atoms with Crippen molar-refractivity contribution in [3.05, 3.63) is 33.6 Å². The topological polar surface area (TPSA) is 19.4 Å². The van der Waals surface area contributed by atoms with E-state index in [2.05, 4.69) is 27.4 Å². The summed E-state index contributed by atoms with van der Waals surface area (Å²) in [6.07, 6.45) is 0.509. The normalized spacial score (nSPS) is 24.8. The second-order valence-electron chi connectivity index (χ2n) is 7.17. The minimum atomic E-state index is -4.11. The summed E-state index contributed by atoms with van der Waals surface area (Å²) in [6, 6.07) is 5.03. The minimum Gasteiger partial charge on any atom is -0.355 e. The van der Waals surface area contributed by atoms with E-state index in [0.29, 0.717) is 31.1 Å². The molecule has 2 atom stereocenters. The molecule has 1 saturated heterocycles. The zero-order valence-electron chi connectivity index (χ0n) is 14.6. The molecule has 1 aliphatic heterocycles. The smallest absolute Gasteiger partial charge is 0.355 e. The Kier molecular flexibility index (Phi) is 5.00. The quantitative estimate of drug-likeness (QED) is 0.710. The van der Waals surface area contributed by atoms with Gasteiger partial charge >= 0.3 is 6.18 Å². The number of alkyl halides is 3. The molecule has 2 aromatic rings. The van der Waals surface area contributed by atoms with Crippen LogP contribution in [0, 0.1) is 6.92 Å². The lowest BCUT2D eigenvalue weighted by atomic mass is 10.0. The highest BCUT2D eigenvalue weighted by molar-refractivity contribution is 7.15. The summed E-state index contributed by atoms with van der Waals surface area (Å²) in [6.45, 7) is 2.23.